The van der Waals surface area contributed by atoms with E-state index in [9.17, 15) is 14.4 Å². The number of hydrogen-bond acceptors (Lipinski definition) is 9. The van der Waals surface area contributed by atoms with Gasteiger partial charge in [0.15, 0.2) is 0 Å². The van der Waals surface area contributed by atoms with Crippen molar-refractivity contribution in [3.8, 4) is 0 Å². The Bertz CT molecular complexity index is 1640. The number of nitrogens with one attached hydrogen (secondary N) is 2. The fourth-order valence-electron chi connectivity index (χ4n) is 7.66. The molecule has 3 amide bonds. The molecule has 0 aliphatic carbocycles. The van der Waals surface area contributed by atoms with Gasteiger partial charge in [-0.1, -0.05) is 26.0 Å². The van der Waals surface area contributed by atoms with Crippen molar-refractivity contribution in [3.63, 3.8) is 0 Å². The minimum atomic E-state index is -0.636. The van der Waals surface area contributed by atoms with Gasteiger partial charge >= 0.3 is 0 Å². The first kappa shape index (κ1) is 32.2. The van der Waals surface area contributed by atoms with Gasteiger partial charge in [-0.3, -0.25) is 29.6 Å². The van der Waals surface area contributed by atoms with Gasteiger partial charge in [0.2, 0.25) is 17.8 Å². The lowest BCUT2D eigenvalue weighted by molar-refractivity contribution is -0.137. The van der Waals surface area contributed by atoms with Crippen molar-refractivity contribution in [2.24, 2.45) is 0 Å². The standard InChI is InChI=1S/C37H46N8O3/c1-23(2)27-20-38-37(39-21-27)40-28-14-18-44(19-15-28)29-6-4-25(5-7-29)22-43-16-12-26(13-17-43)31-9-8-30-34(41-31)24(3)45(36(30)48)32-10-11-33(46)42-35(32)47/h4-9,20-21,23-24,26,28,32H,10-19,22H2,1-3H3,(H,38,39,40)(H,42,46,47)/t24-,32+/m1/s1. The monoisotopic (exact) mass is 650 g/mol. The van der Waals surface area contributed by atoms with Crippen LogP contribution in [-0.4, -0.2) is 80.7 Å². The molecule has 2 aromatic heterocycles. The van der Waals surface area contributed by atoms with E-state index in [0.717, 1.165) is 81.3 Å². The number of hydrogen-bond donors (Lipinski definition) is 2. The highest BCUT2D eigenvalue weighted by molar-refractivity contribution is 6.05. The highest BCUT2D eigenvalue weighted by atomic mass is 16.2. The smallest absolute Gasteiger partial charge is 0.257 e. The first-order chi connectivity index (χ1) is 23.2. The molecule has 11 heteroatoms. The van der Waals surface area contributed by atoms with Crippen LogP contribution in [-0.2, 0) is 16.1 Å². The summed E-state index contributed by atoms with van der Waals surface area (Å²) in [6.07, 6.45) is 8.58. The molecule has 2 atom stereocenters. The number of pyridine rings is 1. The summed E-state index contributed by atoms with van der Waals surface area (Å²) in [5, 5.41) is 5.91. The van der Waals surface area contributed by atoms with E-state index in [-0.39, 0.29) is 24.3 Å². The first-order valence-corrected chi connectivity index (χ1v) is 17.6. The van der Waals surface area contributed by atoms with Crippen LogP contribution in [0.4, 0.5) is 11.6 Å². The fraction of sp³-hybridized carbons (Fsp3) is 0.514. The maximum atomic E-state index is 13.3. The number of rotatable bonds is 8. The van der Waals surface area contributed by atoms with E-state index >= 15 is 0 Å². The van der Waals surface area contributed by atoms with Crippen LogP contribution < -0.4 is 15.5 Å². The SMILES string of the molecule is CC(C)c1cnc(NC2CCN(c3ccc(CN4CCC(c5ccc6c(n5)[C@@H](C)N([C@H]5CCC(=O)NC5=O)C6=O)CC4)cc3)CC2)nc1. The molecule has 3 aromatic rings. The largest absolute Gasteiger partial charge is 0.371 e. The van der Waals surface area contributed by atoms with Crippen molar-refractivity contribution < 1.29 is 14.4 Å². The molecule has 4 aliphatic rings. The summed E-state index contributed by atoms with van der Waals surface area (Å²) in [5.41, 5.74) is 6.11. The maximum absolute atomic E-state index is 13.3. The van der Waals surface area contributed by atoms with Gasteiger partial charge in [-0.05, 0) is 93.4 Å². The Balaban J connectivity index is 0.884. The molecule has 11 nitrogen and oxygen atoms in total. The number of amides is 3. The summed E-state index contributed by atoms with van der Waals surface area (Å²) in [4.78, 5) is 58.0. The molecule has 0 saturated carbocycles. The summed E-state index contributed by atoms with van der Waals surface area (Å²) >= 11 is 0. The van der Waals surface area contributed by atoms with Crippen LogP contribution in [0.25, 0.3) is 0 Å². The molecule has 0 bridgehead atoms. The third kappa shape index (κ3) is 6.65. The minimum Gasteiger partial charge on any atom is -0.371 e. The minimum absolute atomic E-state index is 0.174. The van der Waals surface area contributed by atoms with Crippen LogP contribution in [0.1, 0.15) is 110 Å². The Labute approximate surface area is 282 Å². The van der Waals surface area contributed by atoms with E-state index in [1.165, 1.54) is 11.3 Å². The molecule has 2 N–H and O–H groups in total. The summed E-state index contributed by atoms with van der Waals surface area (Å²) in [7, 11) is 0. The third-order valence-corrected chi connectivity index (χ3v) is 10.7. The zero-order chi connectivity index (χ0) is 33.4. The van der Waals surface area contributed by atoms with Crippen LogP contribution in [0.3, 0.4) is 0 Å². The lowest BCUT2D eigenvalue weighted by Crippen LogP contribution is -2.53. The number of aromatic nitrogens is 3. The quantitative estimate of drug-likeness (QED) is 0.332. The van der Waals surface area contributed by atoms with Crippen molar-refractivity contribution in [2.75, 3.05) is 36.4 Å². The van der Waals surface area contributed by atoms with Crippen LogP contribution in [0.2, 0.25) is 0 Å². The second kappa shape index (κ2) is 13.6. The average Bonchev–Trinajstić information content (AvgIpc) is 3.34. The molecule has 48 heavy (non-hydrogen) atoms. The lowest BCUT2D eigenvalue weighted by atomic mass is 9.92. The van der Waals surface area contributed by atoms with Crippen molar-refractivity contribution in [1.82, 2.24) is 30.1 Å². The zero-order valence-corrected chi connectivity index (χ0v) is 28.2. The normalized spacial score (nSPS) is 22.7. The Morgan fingerprint density at radius 3 is 2.27 bits per heavy atom. The summed E-state index contributed by atoms with van der Waals surface area (Å²) in [5.74, 6) is 0.643. The van der Waals surface area contributed by atoms with E-state index in [2.05, 4.69) is 68.5 Å². The van der Waals surface area contributed by atoms with Crippen LogP contribution in [0, 0.1) is 0 Å². The second-order valence-electron chi connectivity index (χ2n) is 14.1. The van der Waals surface area contributed by atoms with Crippen molar-refractivity contribution in [3.05, 3.63) is 76.9 Å². The predicted octanol–water partition coefficient (Wildman–Crippen LogP) is 4.78. The van der Waals surface area contributed by atoms with Crippen molar-refractivity contribution in [1.29, 1.82) is 0 Å². The van der Waals surface area contributed by atoms with Gasteiger partial charge in [-0.25, -0.2) is 9.97 Å². The van der Waals surface area contributed by atoms with Gasteiger partial charge in [0.05, 0.1) is 17.3 Å². The van der Waals surface area contributed by atoms with Gasteiger partial charge in [-0.2, -0.15) is 0 Å². The Kier molecular flexibility index (Phi) is 9.13. The predicted molar refractivity (Wildman–Crippen MR) is 184 cm³/mol. The van der Waals surface area contributed by atoms with Crippen molar-refractivity contribution in [2.45, 2.75) is 95.8 Å². The summed E-state index contributed by atoms with van der Waals surface area (Å²) < 4.78 is 0. The Morgan fingerprint density at radius 1 is 0.896 bits per heavy atom. The highest BCUT2D eigenvalue weighted by Crippen LogP contribution is 2.37. The number of nitrogens with zero attached hydrogens (tertiary/aromatic N) is 6. The van der Waals surface area contributed by atoms with E-state index in [0.29, 0.717) is 29.9 Å². The summed E-state index contributed by atoms with van der Waals surface area (Å²) in [6, 6.07) is 12.4. The van der Waals surface area contributed by atoms with E-state index < -0.39 is 11.9 Å². The van der Waals surface area contributed by atoms with Crippen molar-refractivity contribution >= 4 is 29.4 Å². The maximum Gasteiger partial charge on any atom is 0.257 e. The van der Waals surface area contributed by atoms with E-state index in [4.69, 9.17) is 4.98 Å². The lowest BCUT2D eigenvalue weighted by Gasteiger charge is -2.34. The Hall–Kier alpha value is -4.38. The number of fused-ring (bicyclic) bond motifs is 1. The number of carbonyl (C=O) groups is 3. The van der Waals surface area contributed by atoms with Gasteiger partial charge in [0.25, 0.3) is 5.91 Å². The number of imide groups is 1. The zero-order valence-electron chi connectivity index (χ0n) is 28.2. The van der Waals surface area contributed by atoms with Gasteiger partial charge in [-0.15, -0.1) is 0 Å². The van der Waals surface area contributed by atoms with Gasteiger partial charge in [0.1, 0.15) is 6.04 Å². The molecule has 0 spiro atoms. The molecule has 1 aromatic carbocycles. The molecule has 252 valence electrons. The molecule has 0 unspecified atom stereocenters. The van der Waals surface area contributed by atoms with Crippen LogP contribution >= 0.6 is 0 Å². The van der Waals surface area contributed by atoms with Gasteiger partial charge in [0, 0.05) is 61.8 Å². The van der Waals surface area contributed by atoms with E-state index in [1.54, 1.807) is 4.90 Å². The summed E-state index contributed by atoms with van der Waals surface area (Å²) in [6.45, 7) is 11.2. The molecular weight excluding hydrogens is 604 g/mol. The molecule has 3 fully saturated rings. The molecule has 7 rings (SSSR count). The molecular formula is C37H46N8O3. The van der Waals surface area contributed by atoms with Crippen LogP contribution in [0.5, 0.6) is 0 Å². The number of likely N-dealkylation sites (tertiary alicyclic amines) is 1. The Morgan fingerprint density at radius 2 is 1.60 bits per heavy atom. The molecule has 6 heterocycles. The third-order valence-electron chi connectivity index (χ3n) is 10.7. The highest BCUT2D eigenvalue weighted by Gasteiger charge is 2.44. The number of anilines is 2. The number of piperidine rings is 3. The topological polar surface area (TPSA) is 124 Å². The van der Waals surface area contributed by atoms with Gasteiger partial charge < -0.3 is 15.1 Å². The van der Waals surface area contributed by atoms with Crippen LogP contribution in [0.15, 0.2) is 48.8 Å². The second-order valence-corrected chi connectivity index (χ2v) is 14.1. The molecule has 4 aliphatic heterocycles. The number of benzene rings is 1. The number of carbonyl (C=O) groups excluding carboxylic acids is 3. The fourth-order valence-corrected chi connectivity index (χ4v) is 7.66. The average molecular weight is 651 g/mol. The molecule has 0 radical (unpaired) electrons. The van der Waals surface area contributed by atoms with E-state index in [1.807, 2.05) is 31.5 Å². The molecule has 3 saturated heterocycles. The first-order valence-electron chi connectivity index (χ1n) is 17.6.